The van der Waals surface area contributed by atoms with Gasteiger partial charge in [-0.15, -0.1) is 0 Å². The fourth-order valence-corrected chi connectivity index (χ4v) is 2.55. The van der Waals surface area contributed by atoms with Crippen LogP contribution >= 0.6 is 12.2 Å². The van der Waals surface area contributed by atoms with Gasteiger partial charge in [-0.25, -0.2) is 9.78 Å². The molecule has 0 aliphatic heterocycles. The van der Waals surface area contributed by atoms with Gasteiger partial charge in [0.1, 0.15) is 12.6 Å². The largest absolute Gasteiger partial charge is 0.445 e. The van der Waals surface area contributed by atoms with Crippen LogP contribution in [0, 0.1) is 0 Å². The van der Waals surface area contributed by atoms with Crippen LogP contribution in [0.5, 0.6) is 0 Å². The minimum absolute atomic E-state index is 0.136. The maximum Gasteiger partial charge on any atom is 0.408 e. The number of ether oxygens (including phenoxy) is 1. The number of thiocarbonyl (C=S) groups is 1. The fourth-order valence-electron chi connectivity index (χ4n) is 2.45. The smallest absolute Gasteiger partial charge is 0.408 e. The number of imidazole rings is 1. The second-order valence-corrected chi connectivity index (χ2v) is 6.78. The molecule has 9 heteroatoms. The van der Waals surface area contributed by atoms with Gasteiger partial charge in [-0.05, 0) is 31.7 Å². The van der Waals surface area contributed by atoms with Crippen LogP contribution in [0.25, 0.3) is 0 Å². The first-order valence-electron chi connectivity index (χ1n) is 9.06. The fraction of sp³-hybridized carbons (Fsp3) is 0.368. The van der Waals surface area contributed by atoms with Crippen molar-refractivity contribution in [3.8, 4) is 0 Å². The minimum atomic E-state index is -0.734. The molecule has 2 amide bonds. The zero-order valence-corrected chi connectivity index (χ0v) is 16.6. The number of alkyl carbamates (subject to hydrolysis) is 1. The Morgan fingerprint density at radius 3 is 2.71 bits per heavy atom. The molecule has 150 valence electrons. The van der Waals surface area contributed by atoms with Crippen molar-refractivity contribution in [2.24, 2.45) is 0 Å². The molecule has 0 spiro atoms. The standard InChI is InChI=1S/C19H25N5O3S/c1-14(28)20-10-6-5-9-16(17(25)24-18-21-11-12-22-18)23-19(26)27-13-15-7-3-2-4-8-15/h2-4,7-8,11-12,16H,5-6,9-10,13H2,1H3,(H,20,28)(H,23,26)(H2,21,22,24,25)/t16-/m0/s1. The van der Waals surface area contributed by atoms with Crippen LogP contribution in [0.3, 0.4) is 0 Å². The van der Waals surface area contributed by atoms with Gasteiger partial charge in [0.05, 0.1) is 4.99 Å². The number of hydrogen-bond donors (Lipinski definition) is 4. The molecule has 1 atom stereocenters. The normalized spacial score (nSPS) is 11.3. The molecule has 1 heterocycles. The molecule has 0 saturated heterocycles. The van der Waals surface area contributed by atoms with E-state index in [-0.39, 0.29) is 12.5 Å². The lowest BCUT2D eigenvalue weighted by Gasteiger charge is -2.18. The van der Waals surface area contributed by atoms with Crippen molar-refractivity contribution in [2.75, 3.05) is 11.9 Å². The molecule has 2 rings (SSSR count). The molecule has 8 nitrogen and oxygen atoms in total. The molecular weight excluding hydrogens is 378 g/mol. The summed E-state index contributed by atoms with van der Waals surface area (Å²) in [6, 6.07) is 8.61. The number of aromatic nitrogens is 2. The Labute approximate surface area is 169 Å². The quantitative estimate of drug-likeness (QED) is 0.359. The second-order valence-electron chi connectivity index (χ2n) is 6.16. The van der Waals surface area contributed by atoms with E-state index in [2.05, 4.69) is 25.9 Å². The Kier molecular flexibility index (Phi) is 8.93. The molecule has 1 aromatic heterocycles. The number of carbonyl (C=O) groups excluding carboxylic acids is 2. The van der Waals surface area contributed by atoms with Gasteiger partial charge >= 0.3 is 6.09 Å². The van der Waals surface area contributed by atoms with Crippen LogP contribution in [0.2, 0.25) is 0 Å². The van der Waals surface area contributed by atoms with Gasteiger partial charge in [0.25, 0.3) is 0 Å². The number of unbranched alkanes of at least 4 members (excludes halogenated alkanes) is 1. The van der Waals surface area contributed by atoms with Gasteiger partial charge in [0.15, 0.2) is 0 Å². The van der Waals surface area contributed by atoms with E-state index < -0.39 is 12.1 Å². The lowest BCUT2D eigenvalue weighted by molar-refractivity contribution is -0.118. The number of anilines is 1. The van der Waals surface area contributed by atoms with Crippen LogP contribution in [0.1, 0.15) is 31.7 Å². The zero-order chi connectivity index (χ0) is 20.2. The zero-order valence-electron chi connectivity index (χ0n) is 15.7. The third kappa shape index (κ3) is 8.17. The average molecular weight is 404 g/mol. The van der Waals surface area contributed by atoms with E-state index >= 15 is 0 Å². The Morgan fingerprint density at radius 1 is 1.25 bits per heavy atom. The Hall–Kier alpha value is -2.94. The number of H-pyrrole nitrogens is 1. The van der Waals surface area contributed by atoms with Gasteiger partial charge in [-0.1, -0.05) is 42.5 Å². The lowest BCUT2D eigenvalue weighted by atomic mass is 10.1. The number of carbonyl (C=O) groups is 2. The molecule has 0 aliphatic carbocycles. The number of rotatable bonds is 10. The summed E-state index contributed by atoms with van der Waals surface area (Å²) in [6.45, 7) is 2.68. The number of hydrogen-bond acceptors (Lipinski definition) is 5. The van der Waals surface area contributed by atoms with E-state index in [4.69, 9.17) is 17.0 Å². The molecule has 0 fully saturated rings. The number of nitrogens with one attached hydrogen (secondary N) is 4. The third-order valence-electron chi connectivity index (χ3n) is 3.85. The van der Waals surface area contributed by atoms with Gasteiger partial charge in [0.2, 0.25) is 11.9 Å². The summed E-state index contributed by atoms with van der Waals surface area (Å²) in [7, 11) is 0. The van der Waals surface area contributed by atoms with Crippen molar-refractivity contribution in [3.05, 3.63) is 48.3 Å². The molecule has 0 saturated carbocycles. The summed E-state index contributed by atoms with van der Waals surface area (Å²) in [5.41, 5.74) is 0.871. The number of amides is 2. The highest BCUT2D eigenvalue weighted by Gasteiger charge is 2.22. The summed E-state index contributed by atoms with van der Waals surface area (Å²) < 4.78 is 5.22. The van der Waals surface area contributed by atoms with Crippen molar-refractivity contribution in [1.82, 2.24) is 20.6 Å². The van der Waals surface area contributed by atoms with E-state index in [1.54, 1.807) is 6.20 Å². The predicted octanol–water partition coefficient (Wildman–Crippen LogP) is 2.75. The number of aromatic amines is 1. The third-order valence-corrected chi connectivity index (χ3v) is 4.00. The van der Waals surface area contributed by atoms with E-state index in [0.29, 0.717) is 12.4 Å². The van der Waals surface area contributed by atoms with Crippen LogP contribution in [-0.2, 0) is 16.1 Å². The summed E-state index contributed by atoms with van der Waals surface area (Å²) in [5.74, 6) is -0.0296. The molecular formula is C19H25N5O3S. The van der Waals surface area contributed by atoms with Crippen LogP contribution in [-0.4, -0.2) is 39.5 Å². The van der Waals surface area contributed by atoms with Crippen molar-refractivity contribution in [2.45, 2.75) is 38.8 Å². The molecule has 1 aromatic carbocycles. The van der Waals surface area contributed by atoms with Gasteiger partial charge < -0.3 is 20.4 Å². The summed E-state index contributed by atoms with van der Waals surface area (Å²) in [4.78, 5) is 32.2. The van der Waals surface area contributed by atoms with Crippen LogP contribution < -0.4 is 16.0 Å². The number of benzene rings is 1. The van der Waals surface area contributed by atoms with Crippen molar-refractivity contribution in [1.29, 1.82) is 0 Å². The monoisotopic (exact) mass is 403 g/mol. The minimum Gasteiger partial charge on any atom is -0.445 e. The van der Waals surface area contributed by atoms with Gasteiger partial charge in [0, 0.05) is 18.9 Å². The highest BCUT2D eigenvalue weighted by atomic mass is 32.1. The summed E-state index contributed by atoms with van der Waals surface area (Å²) >= 11 is 4.97. The van der Waals surface area contributed by atoms with E-state index in [9.17, 15) is 9.59 Å². The predicted molar refractivity (Wildman–Crippen MR) is 111 cm³/mol. The molecule has 0 radical (unpaired) electrons. The molecule has 2 aromatic rings. The molecule has 0 bridgehead atoms. The molecule has 0 aliphatic rings. The molecule has 0 unspecified atom stereocenters. The Balaban J connectivity index is 1.85. The van der Waals surface area contributed by atoms with E-state index in [1.807, 2.05) is 37.3 Å². The highest BCUT2D eigenvalue weighted by molar-refractivity contribution is 7.80. The van der Waals surface area contributed by atoms with Gasteiger partial charge in [-0.3, -0.25) is 10.1 Å². The van der Waals surface area contributed by atoms with Gasteiger partial charge in [-0.2, -0.15) is 0 Å². The average Bonchev–Trinajstić information content (AvgIpc) is 3.18. The second kappa shape index (κ2) is 11.7. The van der Waals surface area contributed by atoms with E-state index in [0.717, 1.165) is 29.9 Å². The first-order valence-corrected chi connectivity index (χ1v) is 9.47. The Bertz CT molecular complexity index is 752. The van der Waals surface area contributed by atoms with Crippen LogP contribution in [0.15, 0.2) is 42.7 Å². The van der Waals surface area contributed by atoms with Crippen molar-refractivity contribution >= 4 is 35.2 Å². The molecule has 28 heavy (non-hydrogen) atoms. The van der Waals surface area contributed by atoms with Crippen molar-refractivity contribution < 1.29 is 14.3 Å². The van der Waals surface area contributed by atoms with Crippen LogP contribution in [0.4, 0.5) is 10.7 Å². The number of nitrogens with zero attached hydrogens (tertiary/aromatic N) is 1. The maximum absolute atomic E-state index is 12.5. The van der Waals surface area contributed by atoms with E-state index in [1.165, 1.54) is 6.20 Å². The topological polar surface area (TPSA) is 108 Å². The molecule has 4 N–H and O–H groups in total. The van der Waals surface area contributed by atoms with Crippen molar-refractivity contribution in [3.63, 3.8) is 0 Å². The SMILES string of the molecule is CC(=S)NCCCC[C@H](NC(=O)OCc1ccccc1)C(=O)Nc1ncc[nH]1. The highest BCUT2D eigenvalue weighted by Crippen LogP contribution is 2.06. The first kappa shape index (κ1) is 21.4. The Morgan fingerprint density at radius 2 is 2.04 bits per heavy atom. The summed E-state index contributed by atoms with van der Waals surface area (Å²) in [5, 5.41) is 8.35. The lowest BCUT2D eigenvalue weighted by Crippen LogP contribution is -2.44. The maximum atomic E-state index is 12.5. The summed E-state index contributed by atoms with van der Waals surface area (Å²) in [6.07, 6.45) is 4.50. The first-order chi connectivity index (χ1) is 13.5.